The lowest BCUT2D eigenvalue weighted by atomic mass is 10.1. The monoisotopic (exact) mass is 373 g/mol. The predicted molar refractivity (Wildman–Crippen MR) is 102 cm³/mol. The van der Waals surface area contributed by atoms with Crippen LogP contribution in [-0.4, -0.2) is 46.5 Å². The van der Waals surface area contributed by atoms with Gasteiger partial charge < -0.3 is 15.2 Å². The van der Waals surface area contributed by atoms with E-state index in [1.165, 1.54) is 0 Å². The van der Waals surface area contributed by atoms with Crippen molar-refractivity contribution in [3.63, 3.8) is 0 Å². The lowest BCUT2D eigenvalue weighted by Crippen LogP contribution is -2.37. The maximum atomic E-state index is 12.4. The fourth-order valence-corrected chi connectivity index (χ4v) is 3.01. The highest BCUT2D eigenvalue weighted by Crippen LogP contribution is 2.20. The number of amides is 1. The van der Waals surface area contributed by atoms with E-state index in [9.17, 15) is 9.59 Å². The Morgan fingerprint density at radius 2 is 1.93 bits per heavy atom. The molecule has 1 aromatic carbocycles. The SMILES string of the molecule is CCC(COC)NC(=O)c1ccc(-n2nc(C)c(CCC(=O)O)c2C)cc1. The fourth-order valence-electron chi connectivity index (χ4n) is 3.01. The van der Waals surface area contributed by atoms with E-state index in [-0.39, 0.29) is 18.4 Å². The number of carbonyl (C=O) groups excluding carboxylic acids is 1. The van der Waals surface area contributed by atoms with Crippen LogP contribution in [0.4, 0.5) is 0 Å². The Bertz CT molecular complexity index is 796. The summed E-state index contributed by atoms with van der Waals surface area (Å²) >= 11 is 0. The van der Waals surface area contributed by atoms with Crippen LogP contribution in [0.2, 0.25) is 0 Å². The molecule has 2 rings (SSSR count). The van der Waals surface area contributed by atoms with Crippen LogP contribution in [0.15, 0.2) is 24.3 Å². The van der Waals surface area contributed by atoms with E-state index in [0.717, 1.165) is 29.1 Å². The molecule has 1 unspecified atom stereocenters. The molecule has 1 heterocycles. The number of carboxylic acid groups (broad SMARTS) is 1. The number of aromatic nitrogens is 2. The molecule has 0 aliphatic carbocycles. The molecule has 0 aliphatic rings. The Balaban J connectivity index is 2.16. The lowest BCUT2D eigenvalue weighted by molar-refractivity contribution is -0.136. The van der Waals surface area contributed by atoms with Crippen molar-refractivity contribution in [2.75, 3.05) is 13.7 Å². The summed E-state index contributed by atoms with van der Waals surface area (Å²) in [5.41, 5.74) is 4.08. The first-order chi connectivity index (χ1) is 12.9. The summed E-state index contributed by atoms with van der Waals surface area (Å²) in [6.07, 6.45) is 1.32. The fraction of sp³-hybridized carbons (Fsp3) is 0.450. The van der Waals surface area contributed by atoms with Crippen LogP contribution in [0.25, 0.3) is 5.69 Å². The third-order valence-electron chi connectivity index (χ3n) is 4.60. The van der Waals surface area contributed by atoms with Gasteiger partial charge in [0.05, 0.1) is 24.0 Å². The van der Waals surface area contributed by atoms with Crippen molar-refractivity contribution < 1.29 is 19.4 Å². The highest BCUT2D eigenvalue weighted by molar-refractivity contribution is 5.94. The average molecular weight is 373 g/mol. The molecule has 0 saturated heterocycles. The number of aliphatic carboxylic acids is 1. The number of methoxy groups -OCH3 is 1. The van der Waals surface area contributed by atoms with Gasteiger partial charge in [-0.3, -0.25) is 9.59 Å². The summed E-state index contributed by atoms with van der Waals surface area (Å²) in [7, 11) is 1.61. The Morgan fingerprint density at radius 1 is 1.26 bits per heavy atom. The Kier molecular flexibility index (Phi) is 7.12. The van der Waals surface area contributed by atoms with Crippen LogP contribution in [0.1, 0.15) is 47.1 Å². The second-order valence-corrected chi connectivity index (χ2v) is 6.54. The first kappa shape index (κ1) is 20.6. The number of ether oxygens (including phenoxy) is 1. The highest BCUT2D eigenvalue weighted by Gasteiger charge is 2.15. The third-order valence-corrected chi connectivity index (χ3v) is 4.60. The van der Waals surface area contributed by atoms with E-state index in [4.69, 9.17) is 9.84 Å². The third kappa shape index (κ3) is 5.17. The number of aryl methyl sites for hydroxylation is 1. The van der Waals surface area contributed by atoms with Gasteiger partial charge in [-0.2, -0.15) is 5.10 Å². The van der Waals surface area contributed by atoms with Crippen LogP contribution in [0.5, 0.6) is 0 Å². The van der Waals surface area contributed by atoms with E-state index in [1.54, 1.807) is 23.9 Å². The summed E-state index contributed by atoms with van der Waals surface area (Å²) in [4.78, 5) is 23.2. The quantitative estimate of drug-likeness (QED) is 0.705. The number of carboxylic acids is 1. The molecule has 1 amide bonds. The van der Waals surface area contributed by atoms with Gasteiger partial charge in [-0.15, -0.1) is 0 Å². The number of rotatable bonds is 9. The Morgan fingerprint density at radius 3 is 2.48 bits per heavy atom. The zero-order valence-corrected chi connectivity index (χ0v) is 16.3. The first-order valence-corrected chi connectivity index (χ1v) is 9.04. The maximum absolute atomic E-state index is 12.4. The predicted octanol–water partition coefficient (Wildman–Crippen LogP) is 2.66. The normalized spacial score (nSPS) is 12.0. The number of nitrogens with one attached hydrogen (secondary N) is 1. The second-order valence-electron chi connectivity index (χ2n) is 6.54. The minimum atomic E-state index is -0.823. The van der Waals surface area contributed by atoms with Gasteiger partial charge in [0, 0.05) is 24.8 Å². The summed E-state index contributed by atoms with van der Waals surface area (Å²) in [5, 5.41) is 16.4. The number of hydrogen-bond acceptors (Lipinski definition) is 4. The molecule has 0 aliphatic heterocycles. The minimum Gasteiger partial charge on any atom is -0.481 e. The molecule has 2 aromatic rings. The van der Waals surface area contributed by atoms with Crippen molar-refractivity contribution in [2.24, 2.45) is 0 Å². The van der Waals surface area contributed by atoms with E-state index >= 15 is 0 Å². The standard InChI is InChI=1S/C20H27N3O4/c1-5-16(12-27-4)21-20(26)15-6-8-17(9-7-15)23-14(3)18(13(2)22-23)10-11-19(24)25/h6-9,16H,5,10-12H2,1-4H3,(H,21,26)(H,24,25). The Hall–Kier alpha value is -2.67. The van der Waals surface area contributed by atoms with Crippen molar-refractivity contribution in [3.05, 3.63) is 46.8 Å². The smallest absolute Gasteiger partial charge is 0.303 e. The van der Waals surface area contributed by atoms with Crippen molar-refractivity contribution >= 4 is 11.9 Å². The summed E-state index contributed by atoms with van der Waals surface area (Å²) < 4.78 is 6.89. The van der Waals surface area contributed by atoms with Crippen LogP contribution >= 0.6 is 0 Å². The summed E-state index contributed by atoms with van der Waals surface area (Å²) in [6.45, 7) is 6.28. The average Bonchev–Trinajstić information content (AvgIpc) is 2.93. The molecule has 0 radical (unpaired) electrons. The first-order valence-electron chi connectivity index (χ1n) is 9.04. The van der Waals surface area contributed by atoms with Gasteiger partial charge >= 0.3 is 5.97 Å². The van der Waals surface area contributed by atoms with Gasteiger partial charge in [-0.25, -0.2) is 4.68 Å². The van der Waals surface area contributed by atoms with E-state index < -0.39 is 5.97 Å². The molecule has 7 nitrogen and oxygen atoms in total. The van der Waals surface area contributed by atoms with Gasteiger partial charge in [0.2, 0.25) is 0 Å². The van der Waals surface area contributed by atoms with E-state index in [1.807, 2.05) is 32.9 Å². The summed E-state index contributed by atoms with van der Waals surface area (Å²) in [6, 6.07) is 7.18. The number of nitrogens with zero attached hydrogens (tertiary/aromatic N) is 2. The lowest BCUT2D eigenvalue weighted by Gasteiger charge is -2.16. The molecule has 2 N–H and O–H groups in total. The van der Waals surface area contributed by atoms with Gasteiger partial charge in [-0.1, -0.05) is 6.92 Å². The van der Waals surface area contributed by atoms with Crippen molar-refractivity contribution in [3.8, 4) is 5.69 Å². The number of hydrogen-bond donors (Lipinski definition) is 2. The van der Waals surface area contributed by atoms with Crippen molar-refractivity contribution in [2.45, 2.75) is 46.1 Å². The molecule has 0 bridgehead atoms. The molecule has 146 valence electrons. The molecular weight excluding hydrogens is 346 g/mol. The largest absolute Gasteiger partial charge is 0.481 e. The van der Waals surface area contributed by atoms with Gasteiger partial charge in [0.15, 0.2) is 0 Å². The van der Waals surface area contributed by atoms with E-state index in [2.05, 4.69) is 10.4 Å². The molecule has 0 spiro atoms. The number of carbonyl (C=O) groups is 2. The van der Waals surface area contributed by atoms with Gasteiger partial charge in [0.1, 0.15) is 0 Å². The molecule has 7 heteroatoms. The van der Waals surface area contributed by atoms with Crippen LogP contribution in [0, 0.1) is 13.8 Å². The highest BCUT2D eigenvalue weighted by atomic mass is 16.5. The topological polar surface area (TPSA) is 93.5 Å². The van der Waals surface area contributed by atoms with Gasteiger partial charge in [0.25, 0.3) is 5.91 Å². The van der Waals surface area contributed by atoms with Crippen molar-refractivity contribution in [1.29, 1.82) is 0 Å². The molecule has 0 fully saturated rings. The van der Waals surface area contributed by atoms with Crippen LogP contribution in [-0.2, 0) is 16.0 Å². The molecule has 1 aromatic heterocycles. The summed E-state index contributed by atoms with van der Waals surface area (Å²) in [5.74, 6) is -0.961. The maximum Gasteiger partial charge on any atom is 0.303 e. The zero-order valence-electron chi connectivity index (χ0n) is 16.3. The number of benzene rings is 1. The Labute approximate surface area is 159 Å². The van der Waals surface area contributed by atoms with Crippen LogP contribution in [0.3, 0.4) is 0 Å². The molecule has 27 heavy (non-hydrogen) atoms. The molecule has 0 saturated carbocycles. The molecule has 1 atom stereocenters. The zero-order chi connectivity index (χ0) is 20.0. The van der Waals surface area contributed by atoms with E-state index in [0.29, 0.717) is 18.6 Å². The van der Waals surface area contributed by atoms with Gasteiger partial charge in [-0.05, 0) is 56.5 Å². The second kappa shape index (κ2) is 9.32. The van der Waals surface area contributed by atoms with Crippen molar-refractivity contribution in [1.82, 2.24) is 15.1 Å². The molecular formula is C20H27N3O4. The minimum absolute atomic E-state index is 0.0185. The van der Waals surface area contributed by atoms with Crippen LogP contribution < -0.4 is 5.32 Å².